The minimum atomic E-state index is -4.76. The lowest BCUT2D eigenvalue weighted by molar-refractivity contribution is -0.137. The Morgan fingerprint density at radius 1 is 1.33 bits per heavy atom. The number of carbonyl (C=O) groups excluding carboxylic acids is 1. The van der Waals surface area contributed by atoms with Crippen molar-refractivity contribution in [2.24, 2.45) is 0 Å². The van der Waals surface area contributed by atoms with E-state index in [-0.39, 0.29) is 6.04 Å². The highest BCUT2D eigenvalue weighted by Gasteiger charge is 2.34. The highest BCUT2D eigenvalue weighted by Crippen LogP contribution is 2.35. The Morgan fingerprint density at radius 3 is 2.88 bits per heavy atom. The van der Waals surface area contributed by atoms with Crippen LogP contribution in [0, 0.1) is 5.82 Å². The van der Waals surface area contributed by atoms with E-state index in [9.17, 15) is 22.4 Å². The lowest BCUT2D eigenvalue weighted by atomic mass is 9.94. The van der Waals surface area contributed by atoms with E-state index in [0.717, 1.165) is 23.4 Å². The number of H-pyrrole nitrogens is 1. The Balaban J connectivity index is 1.68. The van der Waals surface area contributed by atoms with E-state index in [1.165, 1.54) is 0 Å². The van der Waals surface area contributed by atoms with Crippen molar-refractivity contribution >= 4 is 11.7 Å². The molecule has 0 saturated heterocycles. The van der Waals surface area contributed by atoms with E-state index in [0.29, 0.717) is 25.3 Å². The summed E-state index contributed by atoms with van der Waals surface area (Å²) in [5.74, 6) is -1.02. The lowest BCUT2D eigenvalue weighted by Gasteiger charge is -2.23. The molecule has 1 heterocycles. The van der Waals surface area contributed by atoms with Gasteiger partial charge in [0.25, 0.3) is 0 Å². The predicted molar refractivity (Wildman–Crippen MR) is 78.0 cm³/mol. The van der Waals surface area contributed by atoms with Gasteiger partial charge in [0.2, 0.25) is 0 Å². The highest BCUT2D eigenvalue weighted by atomic mass is 19.4. The third kappa shape index (κ3) is 3.50. The van der Waals surface area contributed by atoms with Gasteiger partial charge in [0.05, 0.1) is 17.4 Å². The molecule has 1 aliphatic carbocycles. The van der Waals surface area contributed by atoms with Gasteiger partial charge in [0.15, 0.2) is 0 Å². The van der Waals surface area contributed by atoms with Gasteiger partial charge >= 0.3 is 12.2 Å². The molecule has 2 aromatic rings. The zero-order valence-corrected chi connectivity index (χ0v) is 12.4. The maximum absolute atomic E-state index is 13.1. The highest BCUT2D eigenvalue weighted by molar-refractivity contribution is 5.90. The van der Waals surface area contributed by atoms with Gasteiger partial charge in [-0.2, -0.15) is 18.3 Å². The number of amides is 2. The molecule has 3 rings (SSSR count). The van der Waals surface area contributed by atoms with Gasteiger partial charge in [0, 0.05) is 11.7 Å². The first-order valence-corrected chi connectivity index (χ1v) is 7.28. The molecule has 0 unspecified atom stereocenters. The van der Waals surface area contributed by atoms with E-state index in [2.05, 4.69) is 20.8 Å². The molecule has 1 atom stereocenters. The smallest absolute Gasteiger partial charge is 0.335 e. The summed E-state index contributed by atoms with van der Waals surface area (Å²) in [4.78, 5) is 12.0. The number of hydrogen-bond donors (Lipinski definition) is 3. The molecule has 0 fully saturated rings. The molecule has 1 aromatic heterocycles. The zero-order valence-electron chi connectivity index (χ0n) is 12.4. The second-order valence-electron chi connectivity index (χ2n) is 5.60. The van der Waals surface area contributed by atoms with Crippen LogP contribution in [0.25, 0.3) is 0 Å². The van der Waals surface area contributed by atoms with Gasteiger partial charge in [-0.1, -0.05) is 0 Å². The lowest BCUT2D eigenvalue weighted by Crippen LogP contribution is -2.41. The molecule has 3 N–H and O–H groups in total. The fraction of sp³-hybridized carbons (Fsp3) is 0.333. The van der Waals surface area contributed by atoms with E-state index >= 15 is 0 Å². The second kappa shape index (κ2) is 6.14. The van der Waals surface area contributed by atoms with E-state index < -0.39 is 29.3 Å². The Bertz CT molecular complexity index is 756. The van der Waals surface area contributed by atoms with E-state index in [4.69, 9.17) is 0 Å². The third-order valence-corrected chi connectivity index (χ3v) is 3.89. The molecule has 1 aliphatic rings. The van der Waals surface area contributed by atoms with E-state index in [1.807, 2.05) is 0 Å². The van der Waals surface area contributed by atoms with Crippen molar-refractivity contribution in [1.82, 2.24) is 15.5 Å². The van der Waals surface area contributed by atoms with Gasteiger partial charge < -0.3 is 10.6 Å². The number of fused-ring (bicyclic) bond motifs is 1. The summed E-state index contributed by atoms with van der Waals surface area (Å²) in [5.41, 5.74) is 0.273. The van der Waals surface area contributed by atoms with Crippen molar-refractivity contribution in [2.45, 2.75) is 31.5 Å². The van der Waals surface area contributed by atoms with E-state index in [1.54, 1.807) is 6.20 Å². The SMILES string of the molecule is O=C(Nc1ccc(F)cc1C(F)(F)F)N[C@H]1CCc2[nH]ncc2C1. The van der Waals surface area contributed by atoms with Gasteiger partial charge in [-0.3, -0.25) is 5.10 Å². The molecule has 2 amide bonds. The minimum Gasteiger partial charge on any atom is -0.335 e. The normalized spacial score (nSPS) is 17.2. The van der Waals surface area contributed by atoms with Crippen molar-refractivity contribution in [3.63, 3.8) is 0 Å². The van der Waals surface area contributed by atoms with Gasteiger partial charge in [0.1, 0.15) is 5.82 Å². The number of alkyl halides is 3. The maximum atomic E-state index is 13.1. The number of benzene rings is 1. The monoisotopic (exact) mass is 342 g/mol. The number of hydrogen-bond acceptors (Lipinski definition) is 2. The number of urea groups is 1. The second-order valence-corrected chi connectivity index (χ2v) is 5.60. The molecule has 24 heavy (non-hydrogen) atoms. The molecule has 0 saturated carbocycles. The third-order valence-electron chi connectivity index (χ3n) is 3.89. The van der Waals surface area contributed by atoms with Crippen molar-refractivity contribution in [1.29, 1.82) is 0 Å². The van der Waals surface area contributed by atoms with Crippen LogP contribution in [0.15, 0.2) is 24.4 Å². The fourth-order valence-electron chi connectivity index (χ4n) is 2.74. The summed E-state index contributed by atoms with van der Waals surface area (Å²) < 4.78 is 51.8. The van der Waals surface area contributed by atoms with Crippen molar-refractivity contribution in [3.8, 4) is 0 Å². The van der Waals surface area contributed by atoms with Crippen LogP contribution in [0.2, 0.25) is 0 Å². The molecule has 0 radical (unpaired) electrons. The summed E-state index contributed by atoms with van der Waals surface area (Å²) in [6.45, 7) is 0. The first kappa shape index (κ1) is 16.3. The van der Waals surface area contributed by atoms with Crippen molar-refractivity contribution in [2.75, 3.05) is 5.32 Å². The van der Waals surface area contributed by atoms with Crippen LogP contribution in [-0.4, -0.2) is 22.3 Å². The largest absolute Gasteiger partial charge is 0.418 e. The number of rotatable bonds is 2. The number of halogens is 4. The van der Waals surface area contributed by atoms with Crippen molar-refractivity contribution in [3.05, 3.63) is 47.0 Å². The summed E-state index contributed by atoms with van der Waals surface area (Å²) in [6, 6.07) is 1.15. The first-order valence-electron chi connectivity index (χ1n) is 7.28. The molecule has 0 spiro atoms. The summed E-state index contributed by atoms with van der Waals surface area (Å²) >= 11 is 0. The Hall–Kier alpha value is -2.58. The molecule has 9 heteroatoms. The molecule has 1 aromatic carbocycles. The standard InChI is InChI=1S/C15H14F4N4O/c16-9-1-3-13(11(6-9)15(17,18)19)22-14(24)21-10-2-4-12-8(5-10)7-20-23-12/h1,3,6-7,10H,2,4-5H2,(H,20,23)(H2,21,22,24)/t10-/m0/s1. The van der Waals surface area contributed by atoms with Crippen LogP contribution < -0.4 is 10.6 Å². The van der Waals surface area contributed by atoms with Gasteiger partial charge in [-0.15, -0.1) is 0 Å². The Labute approximate surface area is 134 Å². The molecule has 0 aliphatic heterocycles. The van der Waals surface area contributed by atoms with Crippen LogP contribution in [0.3, 0.4) is 0 Å². The number of aryl methyl sites for hydroxylation is 1. The number of nitrogens with zero attached hydrogens (tertiary/aromatic N) is 1. The van der Waals surface area contributed by atoms with Crippen molar-refractivity contribution < 1.29 is 22.4 Å². The zero-order chi connectivity index (χ0) is 17.3. The average Bonchev–Trinajstić information content (AvgIpc) is 2.95. The van der Waals surface area contributed by atoms with Crippen LogP contribution in [-0.2, 0) is 19.0 Å². The quantitative estimate of drug-likeness (QED) is 0.733. The molecule has 5 nitrogen and oxygen atoms in total. The minimum absolute atomic E-state index is 0.204. The molecular formula is C15H14F4N4O. The fourth-order valence-corrected chi connectivity index (χ4v) is 2.74. The van der Waals surface area contributed by atoms with Crippen LogP contribution in [0.1, 0.15) is 23.2 Å². The average molecular weight is 342 g/mol. The molecular weight excluding hydrogens is 328 g/mol. The summed E-state index contributed by atoms with van der Waals surface area (Å²) in [7, 11) is 0. The van der Waals surface area contributed by atoms with Gasteiger partial charge in [-0.25, -0.2) is 9.18 Å². The Morgan fingerprint density at radius 2 is 2.12 bits per heavy atom. The Kier molecular flexibility index (Phi) is 4.16. The number of aromatic amines is 1. The summed E-state index contributed by atoms with van der Waals surface area (Å²) in [5, 5.41) is 11.6. The van der Waals surface area contributed by atoms with Gasteiger partial charge in [-0.05, 0) is 43.0 Å². The van der Waals surface area contributed by atoms with Crippen LogP contribution in [0.4, 0.5) is 28.0 Å². The van der Waals surface area contributed by atoms with Crippen LogP contribution in [0.5, 0.6) is 0 Å². The summed E-state index contributed by atoms with van der Waals surface area (Å²) in [6.07, 6.45) is -1.19. The molecule has 0 bridgehead atoms. The number of anilines is 1. The maximum Gasteiger partial charge on any atom is 0.418 e. The van der Waals surface area contributed by atoms with Crippen LogP contribution >= 0.6 is 0 Å². The number of aromatic nitrogens is 2. The topological polar surface area (TPSA) is 69.8 Å². The predicted octanol–water partition coefficient (Wildman–Crippen LogP) is 3.25. The number of nitrogens with one attached hydrogen (secondary N) is 3. The first-order chi connectivity index (χ1) is 11.3. The molecule has 128 valence electrons. The number of carbonyl (C=O) groups is 1.